The number of nitrogens with one attached hydrogen (secondary N) is 3. The lowest BCUT2D eigenvalue weighted by Crippen LogP contribution is -2.35. The largest absolute Gasteiger partial charge is 0.870 e. The van der Waals surface area contributed by atoms with Crippen molar-refractivity contribution < 1.29 is 34.1 Å². The van der Waals surface area contributed by atoms with Crippen LogP contribution in [0.15, 0.2) is 42.5 Å². The molecule has 3 aromatic rings. The first-order chi connectivity index (χ1) is 19.9. The Labute approximate surface area is 243 Å². The first kappa shape index (κ1) is 31.6. The minimum absolute atomic E-state index is 0.143. The number of hydrogen-bond acceptors (Lipinski definition) is 6. The van der Waals surface area contributed by atoms with E-state index in [4.69, 9.17) is 10.2 Å². The van der Waals surface area contributed by atoms with Gasteiger partial charge in [-0.25, -0.2) is 9.18 Å². The van der Waals surface area contributed by atoms with Gasteiger partial charge in [-0.3, -0.25) is 9.59 Å². The Kier molecular flexibility index (Phi) is 10.6. The average molecular weight is 578 g/mol. The SMILES string of the molecule is CCN(CC)CCNC(=O)c1c(C)[nH]c(/C=C2\C(=O)Nc3ccc(F)cc32)c1C.O=C(O)/C=C/c1ccc([O-])c(O)c1. The summed E-state index contributed by atoms with van der Waals surface area (Å²) in [6.07, 6.45) is 3.90. The molecular formula is C31H34FN4O6-. The van der Waals surface area contributed by atoms with Gasteiger partial charge >= 0.3 is 5.97 Å². The van der Waals surface area contributed by atoms with Gasteiger partial charge in [-0.05, 0) is 74.5 Å². The highest BCUT2D eigenvalue weighted by atomic mass is 19.1. The number of carbonyl (C=O) groups excluding carboxylic acids is 2. The number of likely N-dealkylation sites (N-methyl/N-ethyl adjacent to an activating group) is 1. The van der Waals surface area contributed by atoms with Crippen LogP contribution >= 0.6 is 0 Å². The molecule has 0 bridgehead atoms. The molecule has 0 fully saturated rings. The van der Waals surface area contributed by atoms with Crippen molar-refractivity contribution >= 4 is 41.2 Å². The van der Waals surface area contributed by atoms with E-state index in [-0.39, 0.29) is 17.6 Å². The van der Waals surface area contributed by atoms with Gasteiger partial charge in [0.15, 0.2) is 0 Å². The average Bonchev–Trinajstić information content (AvgIpc) is 3.41. The number of aromatic amines is 1. The minimum Gasteiger partial charge on any atom is -0.870 e. The number of rotatable bonds is 9. The third kappa shape index (κ3) is 7.85. The molecule has 42 heavy (non-hydrogen) atoms. The number of benzene rings is 2. The molecule has 2 amide bonds. The fraction of sp³-hybridized carbons (Fsp3) is 0.258. The Morgan fingerprint density at radius 2 is 1.83 bits per heavy atom. The molecule has 2 aromatic carbocycles. The normalized spacial score (nSPS) is 13.2. The third-order valence-corrected chi connectivity index (χ3v) is 6.77. The van der Waals surface area contributed by atoms with E-state index >= 15 is 0 Å². The fourth-order valence-corrected chi connectivity index (χ4v) is 4.47. The number of anilines is 1. The number of hydrogen-bond donors (Lipinski definition) is 5. The van der Waals surface area contributed by atoms with E-state index < -0.39 is 17.5 Å². The van der Waals surface area contributed by atoms with Crippen LogP contribution in [0.2, 0.25) is 0 Å². The summed E-state index contributed by atoms with van der Waals surface area (Å²) in [6.45, 7) is 11.1. The monoisotopic (exact) mass is 577 g/mol. The zero-order valence-corrected chi connectivity index (χ0v) is 23.9. The second-order valence-corrected chi connectivity index (χ2v) is 9.55. The maximum absolute atomic E-state index is 13.7. The molecule has 1 aliphatic rings. The standard InChI is InChI=1S/C22H27FN4O2.C9H8O4/c1-5-27(6-2)10-9-24-22(29)20-13(3)19(25-14(20)4)12-17-16-11-15(23)7-8-18(16)26-21(17)28;10-7-3-1-6(5-8(7)11)2-4-9(12)13/h7-8,11-12,25H,5-6,9-10H2,1-4H3,(H,24,29)(H,26,28);1-5,10-11H,(H,12,13)/p-1/b17-12-;4-2+. The van der Waals surface area contributed by atoms with Gasteiger partial charge in [-0.2, -0.15) is 0 Å². The van der Waals surface area contributed by atoms with Crippen molar-refractivity contribution in [3.8, 4) is 11.5 Å². The molecule has 10 nitrogen and oxygen atoms in total. The second-order valence-electron chi connectivity index (χ2n) is 9.55. The molecule has 11 heteroatoms. The maximum atomic E-state index is 13.7. The van der Waals surface area contributed by atoms with Crippen LogP contribution in [0, 0.1) is 19.7 Å². The quantitative estimate of drug-likeness (QED) is 0.241. The maximum Gasteiger partial charge on any atom is 0.328 e. The molecule has 0 aliphatic carbocycles. The van der Waals surface area contributed by atoms with Crippen molar-refractivity contribution in [1.29, 1.82) is 0 Å². The number of carboxylic acids is 1. The minimum atomic E-state index is -1.08. The smallest absolute Gasteiger partial charge is 0.328 e. The van der Waals surface area contributed by atoms with E-state index in [0.717, 1.165) is 37.0 Å². The number of phenols is 1. The van der Waals surface area contributed by atoms with Gasteiger partial charge in [0, 0.05) is 41.8 Å². The van der Waals surface area contributed by atoms with Crippen molar-refractivity contribution in [2.45, 2.75) is 27.7 Å². The number of aromatic nitrogens is 1. The van der Waals surface area contributed by atoms with Crippen LogP contribution in [0.5, 0.6) is 11.5 Å². The number of amides is 2. The molecule has 1 aliphatic heterocycles. The molecule has 0 atom stereocenters. The number of fused-ring (bicyclic) bond motifs is 1. The Morgan fingerprint density at radius 3 is 2.48 bits per heavy atom. The Morgan fingerprint density at radius 1 is 1.12 bits per heavy atom. The van der Waals surface area contributed by atoms with Gasteiger partial charge < -0.3 is 35.8 Å². The van der Waals surface area contributed by atoms with E-state index in [2.05, 4.69) is 34.4 Å². The van der Waals surface area contributed by atoms with Crippen molar-refractivity contribution in [3.05, 3.63) is 81.9 Å². The molecule has 0 saturated heterocycles. The number of H-pyrrole nitrogens is 1. The Bertz CT molecular complexity index is 1540. The van der Waals surface area contributed by atoms with Gasteiger partial charge in [-0.15, -0.1) is 0 Å². The van der Waals surface area contributed by atoms with Crippen LogP contribution < -0.4 is 15.7 Å². The summed E-state index contributed by atoms with van der Waals surface area (Å²) in [5.41, 5.74) is 4.68. The number of aromatic hydroxyl groups is 1. The van der Waals surface area contributed by atoms with Crippen LogP contribution in [0.3, 0.4) is 0 Å². The first-order valence-corrected chi connectivity index (χ1v) is 13.4. The lowest BCUT2D eigenvalue weighted by Gasteiger charge is -2.18. The number of carboxylic acid groups (broad SMARTS) is 1. The van der Waals surface area contributed by atoms with Crippen molar-refractivity contribution in [1.82, 2.24) is 15.2 Å². The number of halogens is 1. The summed E-state index contributed by atoms with van der Waals surface area (Å²) >= 11 is 0. The molecule has 0 unspecified atom stereocenters. The summed E-state index contributed by atoms with van der Waals surface area (Å²) in [5, 5.41) is 33.7. The molecule has 4 rings (SSSR count). The summed E-state index contributed by atoms with van der Waals surface area (Å²) in [5.74, 6) is -2.78. The predicted octanol–water partition coefficient (Wildman–Crippen LogP) is 3.90. The van der Waals surface area contributed by atoms with Crippen molar-refractivity contribution in [2.75, 3.05) is 31.5 Å². The number of phenolic OH excluding ortho intramolecular Hbond substituents is 1. The third-order valence-electron chi connectivity index (χ3n) is 6.77. The highest BCUT2D eigenvalue weighted by Gasteiger charge is 2.26. The van der Waals surface area contributed by atoms with Gasteiger partial charge in [-0.1, -0.05) is 31.7 Å². The van der Waals surface area contributed by atoms with Crippen LogP contribution in [-0.2, 0) is 9.59 Å². The van der Waals surface area contributed by atoms with E-state index in [1.165, 1.54) is 36.4 Å². The molecule has 1 aromatic heterocycles. The predicted molar refractivity (Wildman–Crippen MR) is 158 cm³/mol. The molecule has 2 heterocycles. The molecule has 0 saturated carbocycles. The van der Waals surface area contributed by atoms with Gasteiger partial charge in [0.2, 0.25) is 0 Å². The highest BCUT2D eigenvalue weighted by molar-refractivity contribution is 6.34. The van der Waals surface area contributed by atoms with Gasteiger partial charge in [0.05, 0.1) is 11.1 Å². The summed E-state index contributed by atoms with van der Waals surface area (Å²) in [4.78, 5) is 40.6. The first-order valence-electron chi connectivity index (χ1n) is 13.4. The van der Waals surface area contributed by atoms with E-state index in [0.29, 0.717) is 40.2 Å². The number of aryl methyl sites for hydroxylation is 1. The van der Waals surface area contributed by atoms with Gasteiger partial charge in [0.25, 0.3) is 11.8 Å². The molecule has 5 N–H and O–H groups in total. The van der Waals surface area contributed by atoms with Crippen molar-refractivity contribution in [3.63, 3.8) is 0 Å². The van der Waals surface area contributed by atoms with E-state index in [9.17, 15) is 23.9 Å². The number of carbonyl (C=O) groups is 3. The molecule has 0 radical (unpaired) electrons. The lowest BCUT2D eigenvalue weighted by molar-refractivity contribution is -0.270. The van der Waals surface area contributed by atoms with E-state index in [1.54, 1.807) is 12.1 Å². The summed E-state index contributed by atoms with van der Waals surface area (Å²) in [7, 11) is 0. The molecule has 0 spiro atoms. The Balaban J connectivity index is 0.000000312. The van der Waals surface area contributed by atoms with Crippen LogP contribution in [-0.4, -0.2) is 64.1 Å². The summed E-state index contributed by atoms with van der Waals surface area (Å²) in [6, 6.07) is 8.02. The van der Waals surface area contributed by atoms with Crippen LogP contribution in [0.1, 0.15) is 52.3 Å². The topological polar surface area (TPSA) is 158 Å². The molecule has 222 valence electrons. The van der Waals surface area contributed by atoms with E-state index in [1.807, 2.05) is 13.8 Å². The second kappa shape index (κ2) is 14.1. The number of aliphatic carboxylic acids is 1. The molecular weight excluding hydrogens is 543 g/mol. The van der Waals surface area contributed by atoms with Crippen LogP contribution in [0.25, 0.3) is 17.7 Å². The highest BCUT2D eigenvalue weighted by Crippen LogP contribution is 2.34. The van der Waals surface area contributed by atoms with Crippen molar-refractivity contribution in [2.24, 2.45) is 0 Å². The zero-order valence-electron chi connectivity index (χ0n) is 23.9. The van der Waals surface area contributed by atoms with Gasteiger partial charge in [0.1, 0.15) is 11.6 Å². The zero-order chi connectivity index (χ0) is 31.0. The lowest BCUT2D eigenvalue weighted by atomic mass is 10.0. The Hall–Kier alpha value is -4.90. The fourth-order valence-electron chi connectivity index (χ4n) is 4.47. The number of nitrogens with zero attached hydrogens (tertiary/aromatic N) is 1. The van der Waals surface area contributed by atoms with Crippen LogP contribution in [0.4, 0.5) is 10.1 Å². The summed E-state index contributed by atoms with van der Waals surface area (Å²) < 4.78 is 13.7.